The molecule has 47 heavy (non-hydrogen) atoms. The quantitative estimate of drug-likeness (QED) is 0.144. The zero-order valence-corrected chi connectivity index (χ0v) is 28.8. The summed E-state index contributed by atoms with van der Waals surface area (Å²) in [7, 11) is 0. The van der Waals surface area contributed by atoms with Gasteiger partial charge in [-0.15, -0.1) is 0 Å². The first-order valence-corrected chi connectivity index (χ1v) is 17.8. The lowest BCUT2D eigenvalue weighted by Gasteiger charge is -2.33. The molecule has 2 aliphatic heterocycles. The second kappa shape index (κ2) is 12.9. The number of hydrogen-bond donors (Lipinski definition) is 2. The van der Waals surface area contributed by atoms with Gasteiger partial charge >= 0.3 is 0 Å². The van der Waals surface area contributed by atoms with Gasteiger partial charge in [-0.05, 0) is 143 Å². The number of pyridine rings is 1. The van der Waals surface area contributed by atoms with Crippen LogP contribution in [0.2, 0.25) is 0 Å². The highest BCUT2D eigenvalue weighted by molar-refractivity contribution is 5.95. The second-order valence-corrected chi connectivity index (χ2v) is 15.0. The standard InChI is InChI=1S/C42H50N4O/c1-27-20-28(2)22-33(21-27)40-39(29(3)25-43-18-7-6-8-30-9-10-32-26-44-19-17-31(32)23-30)37-24-34(11-16-38(37)45-40)42(4,5)41(47)46-35-12-13-36(46)15-14-35/h9-11,16-17,19-24,26,29,35-36,43,45H,6-8,12-15,18,25H2,1-5H3/t29-,35?,36?/m1/s1. The van der Waals surface area contributed by atoms with Crippen LogP contribution in [0, 0.1) is 13.8 Å². The van der Waals surface area contributed by atoms with Crippen molar-refractivity contribution in [2.45, 2.75) is 103 Å². The summed E-state index contributed by atoms with van der Waals surface area (Å²) < 4.78 is 0. The van der Waals surface area contributed by atoms with Crippen LogP contribution < -0.4 is 5.32 Å². The van der Waals surface area contributed by atoms with Gasteiger partial charge in [-0.1, -0.05) is 48.4 Å². The van der Waals surface area contributed by atoms with Crippen LogP contribution >= 0.6 is 0 Å². The van der Waals surface area contributed by atoms with Crippen LogP contribution in [0.3, 0.4) is 0 Å². The van der Waals surface area contributed by atoms with Gasteiger partial charge in [0.05, 0.1) is 11.1 Å². The lowest BCUT2D eigenvalue weighted by atomic mass is 9.81. The van der Waals surface area contributed by atoms with Crippen molar-refractivity contribution in [2.24, 2.45) is 0 Å². The third-order valence-corrected chi connectivity index (χ3v) is 11.0. The topological polar surface area (TPSA) is 61.0 Å². The first-order valence-electron chi connectivity index (χ1n) is 17.8. The average molecular weight is 627 g/mol. The summed E-state index contributed by atoms with van der Waals surface area (Å²) in [4.78, 5) is 24.4. The predicted octanol–water partition coefficient (Wildman–Crippen LogP) is 9.15. The summed E-state index contributed by atoms with van der Waals surface area (Å²) in [5.41, 5.74) is 9.38. The van der Waals surface area contributed by atoms with Crippen molar-refractivity contribution < 1.29 is 4.79 Å². The molecule has 1 amide bonds. The highest BCUT2D eigenvalue weighted by Gasteiger charge is 2.47. The lowest BCUT2D eigenvalue weighted by Crippen LogP contribution is -2.45. The molecule has 0 unspecified atom stereocenters. The van der Waals surface area contributed by atoms with Gasteiger partial charge in [-0.25, -0.2) is 0 Å². The Morgan fingerprint density at radius 3 is 2.43 bits per heavy atom. The Balaban J connectivity index is 1.10. The molecule has 3 aromatic carbocycles. The molecule has 5 aromatic rings. The van der Waals surface area contributed by atoms with E-state index in [0.29, 0.717) is 18.0 Å². The van der Waals surface area contributed by atoms with Crippen LogP contribution in [-0.2, 0) is 16.6 Å². The lowest BCUT2D eigenvalue weighted by molar-refractivity contribution is -0.137. The Morgan fingerprint density at radius 1 is 0.936 bits per heavy atom. The Labute approximate surface area is 280 Å². The van der Waals surface area contributed by atoms with Gasteiger partial charge in [0, 0.05) is 47.3 Å². The fourth-order valence-corrected chi connectivity index (χ4v) is 8.44. The third-order valence-electron chi connectivity index (χ3n) is 11.0. The number of H-pyrrole nitrogens is 1. The van der Waals surface area contributed by atoms with E-state index < -0.39 is 5.41 Å². The first kappa shape index (κ1) is 31.6. The summed E-state index contributed by atoms with van der Waals surface area (Å²) in [5.74, 6) is 0.584. The molecule has 5 nitrogen and oxygen atoms in total. The largest absolute Gasteiger partial charge is 0.354 e. The van der Waals surface area contributed by atoms with Crippen LogP contribution in [0.5, 0.6) is 0 Å². The number of amides is 1. The van der Waals surface area contributed by atoms with Crippen molar-refractivity contribution in [2.75, 3.05) is 13.1 Å². The monoisotopic (exact) mass is 626 g/mol. The number of fused-ring (bicyclic) bond motifs is 4. The molecule has 244 valence electrons. The van der Waals surface area contributed by atoms with E-state index in [1.807, 2.05) is 12.4 Å². The van der Waals surface area contributed by atoms with E-state index in [1.54, 1.807) is 0 Å². The van der Waals surface area contributed by atoms with Crippen LogP contribution in [-0.4, -0.2) is 45.9 Å². The van der Waals surface area contributed by atoms with E-state index in [1.165, 1.54) is 75.4 Å². The van der Waals surface area contributed by atoms with Crippen molar-refractivity contribution in [3.05, 3.63) is 101 Å². The Morgan fingerprint density at radius 2 is 1.68 bits per heavy atom. The summed E-state index contributed by atoms with van der Waals surface area (Å²) in [6, 6.07) is 23.2. The molecule has 2 aromatic heterocycles. The number of nitrogens with one attached hydrogen (secondary N) is 2. The normalized spacial score (nSPS) is 18.4. The predicted molar refractivity (Wildman–Crippen MR) is 195 cm³/mol. The van der Waals surface area contributed by atoms with E-state index >= 15 is 0 Å². The fraction of sp³-hybridized carbons (Fsp3) is 0.429. The number of carbonyl (C=O) groups is 1. The second-order valence-electron chi connectivity index (χ2n) is 15.0. The summed E-state index contributed by atoms with van der Waals surface area (Å²) in [6.45, 7) is 12.9. The Bertz CT molecular complexity index is 1880. The van der Waals surface area contributed by atoms with Crippen LogP contribution in [0.4, 0.5) is 0 Å². The molecule has 4 heterocycles. The maximum atomic E-state index is 14.1. The number of aryl methyl sites for hydroxylation is 3. The van der Waals surface area contributed by atoms with E-state index in [2.05, 4.69) is 115 Å². The molecule has 2 aliphatic rings. The van der Waals surface area contributed by atoms with Crippen LogP contribution in [0.1, 0.15) is 93.0 Å². The van der Waals surface area contributed by atoms with E-state index in [0.717, 1.165) is 43.4 Å². The van der Waals surface area contributed by atoms with Gasteiger partial charge in [0.1, 0.15) is 0 Å². The molecule has 5 heteroatoms. The van der Waals surface area contributed by atoms with Crippen molar-refractivity contribution >= 4 is 27.6 Å². The molecule has 0 saturated carbocycles. The maximum absolute atomic E-state index is 14.1. The van der Waals surface area contributed by atoms with E-state index in [-0.39, 0.29) is 5.92 Å². The number of carbonyl (C=O) groups excluding carboxylic acids is 1. The molecule has 2 bridgehead atoms. The molecular formula is C42H50N4O. The number of rotatable bonds is 11. The number of nitrogens with zero attached hydrogens (tertiary/aromatic N) is 2. The smallest absolute Gasteiger partial charge is 0.233 e. The Hall–Kier alpha value is -3.96. The molecule has 0 aliphatic carbocycles. The summed E-state index contributed by atoms with van der Waals surface area (Å²) in [5, 5.41) is 7.49. The molecule has 1 atom stereocenters. The van der Waals surface area contributed by atoms with Crippen LogP contribution in [0.25, 0.3) is 32.9 Å². The maximum Gasteiger partial charge on any atom is 0.233 e. The minimum absolute atomic E-state index is 0.289. The van der Waals surface area contributed by atoms with Crippen molar-refractivity contribution in [3.8, 4) is 11.3 Å². The minimum Gasteiger partial charge on any atom is -0.354 e. The highest BCUT2D eigenvalue weighted by Crippen LogP contribution is 2.43. The number of benzene rings is 3. The number of unbranched alkanes of at least 4 members (excludes halogenated alkanes) is 1. The third kappa shape index (κ3) is 6.23. The molecule has 2 fully saturated rings. The Kier molecular flexibility index (Phi) is 8.69. The van der Waals surface area contributed by atoms with Gasteiger partial charge in [0.25, 0.3) is 0 Å². The zero-order chi connectivity index (χ0) is 32.7. The van der Waals surface area contributed by atoms with Gasteiger partial charge in [-0.3, -0.25) is 9.78 Å². The number of aromatic nitrogens is 2. The summed E-state index contributed by atoms with van der Waals surface area (Å²) >= 11 is 0. The minimum atomic E-state index is -0.572. The first-order chi connectivity index (χ1) is 22.7. The van der Waals surface area contributed by atoms with Crippen LogP contribution in [0.15, 0.2) is 73.1 Å². The SMILES string of the molecule is Cc1cc(C)cc(-c2[nH]c3ccc(C(C)(C)C(=O)N4C5CCC4CC5)cc3c2[C@H](C)CNCCCCc2ccc3cnccc3c2)c1. The molecule has 0 spiro atoms. The van der Waals surface area contributed by atoms with Crippen molar-refractivity contribution in [1.82, 2.24) is 20.2 Å². The molecule has 2 saturated heterocycles. The van der Waals surface area contributed by atoms with Crippen molar-refractivity contribution in [3.63, 3.8) is 0 Å². The molecule has 0 radical (unpaired) electrons. The van der Waals surface area contributed by atoms with Gasteiger partial charge in [-0.2, -0.15) is 0 Å². The van der Waals surface area contributed by atoms with Gasteiger partial charge in [0.2, 0.25) is 5.91 Å². The number of aromatic amines is 1. The molecular weight excluding hydrogens is 576 g/mol. The van der Waals surface area contributed by atoms with Gasteiger partial charge in [0.15, 0.2) is 0 Å². The van der Waals surface area contributed by atoms with E-state index in [4.69, 9.17) is 0 Å². The highest BCUT2D eigenvalue weighted by atomic mass is 16.2. The fourth-order valence-electron chi connectivity index (χ4n) is 8.44. The molecule has 2 N–H and O–H groups in total. The van der Waals surface area contributed by atoms with Gasteiger partial charge < -0.3 is 15.2 Å². The molecule has 7 rings (SSSR count). The summed E-state index contributed by atoms with van der Waals surface area (Å²) in [6.07, 6.45) is 11.8. The number of hydrogen-bond acceptors (Lipinski definition) is 3. The van der Waals surface area contributed by atoms with Crippen molar-refractivity contribution in [1.29, 1.82) is 0 Å². The average Bonchev–Trinajstić information content (AvgIpc) is 3.78. The zero-order valence-electron chi connectivity index (χ0n) is 28.8. The van der Waals surface area contributed by atoms with E-state index in [9.17, 15) is 4.79 Å².